The van der Waals surface area contributed by atoms with Crippen molar-refractivity contribution in [3.63, 3.8) is 0 Å². The van der Waals surface area contributed by atoms with E-state index in [1.165, 1.54) is 0 Å². The fraction of sp³-hybridized carbons (Fsp3) is 0.500. The van der Waals surface area contributed by atoms with Crippen molar-refractivity contribution in [3.8, 4) is 0 Å². The van der Waals surface area contributed by atoms with Crippen molar-refractivity contribution in [2.24, 2.45) is 0 Å². The van der Waals surface area contributed by atoms with E-state index in [-0.39, 0.29) is 11.9 Å². The number of aryl methyl sites for hydroxylation is 1. The molecule has 1 unspecified atom stereocenters. The van der Waals surface area contributed by atoms with Gasteiger partial charge in [-0.1, -0.05) is 6.07 Å². The molecular formula is C14H23N3O2. The third-order valence-corrected chi connectivity index (χ3v) is 3.21. The number of rotatable bonds is 6. The van der Waals surface area contributed by atoms with Crippen LogP contribution in [-0.4, -0.2) is 44.2 Å². The van der Waals surface area contributed by atoms with Gasteiger partial charge in [0.05, 0.1) is 12.6 Å². The second kappa shape index (κ2) is 7.11. The highest BCUT2D eigenvalue weighted by atomic mass is 16.5. The van der Waals surface area contributed by atoms with Crippen molar-refractivity contribution < 1.29 is 9.53 Å². The van der Waals surface area contributed by atoms with Crippen LogP contribution in [-0.2, 0) is 9.53 Å². The number of nitrogens with one attached hydrogen (secondary N) is 1. The first-order valence-electron chi connectivity index (χ1n) is 6.32. The summed E-state index contributed by atoms with van der Waals surface area (Å²) in [7, 11) is 3.55. The number of methoxy groups -OCH3 is 1. The highest BCUT2D eigenvalue weighted by Gasteiger charge is 2.18. The number of amides is 1. The molecule has 0 saturated heterocycles. The average molecular weight is 265 g/mol. The molecule has 5 heteroatoms. The molecule has 0 heterocycles. The van der Waals surface area contributed by atoms with Crippen LogP contribution in [0.2, 0.25) is 0 Å². The minimum atomic E-state index is -0.226. The second-order valence-electron chi connectivity index (χ2n) is 4.71. The number of anilines is 2. The van der Waals surface area contributed by atoms with Crippen molar-refractivity contribution >= 4 is 17.3 Å². The lowest BCUT2D eigenvalue weighted by Gasteiger charge is -2.23. The summed E-state index contributed by atoms with van der Waals surface area (Å²) in [5, 5.41) is 2.91. The number of benzene rings is 1. The monoisotopic (exact) mass is 265 g/mol. The number of nitrogen functional groups attached to an aromatic ring is 1. The minimum Gasteiger partial charge on any atom is -0.399 e. The Morgan fingerprint density at radius 2 is 2.21 bits per heavy atom. The number of nitrogens with two attached hydrogens (primary N) is 1. The number of likely N-dealkylation sites (N-methyl/N-ethyl adjacent to an activating group) is 1. The van der Waals surface area contributed by atoms with Gasteiger partial charge in [0.2, 0.25) is 5.91 Å². The molecule has 1 rings (SSSR count). The van der Waals surface area contributed by atoms with Crippen molar-refractivity contribution in [3.05, 3.63) is 23.8 Å². The van der Waals surface area contributed by atoms with Crippen molar-refractivity contribution in [2.75, 3.05) is 38.4 Å². The van der Waals surface area contributed by atoms with Crippen molar-refractivity contribution in [1.82, 2.24) is 4.90 Å². The van der Waals surface area contributed by atoms with Crippen LogP contribution >= 0.6 is 0 Å². The molecule has 3 N–H and O–H groups in total. The molecule has 0 aromatic heterocycles. The van der Waals surface area contributed by atoms with Gasteiger partial charge < -0.3 is 15.8 Å². The molecule has 0 aliphatic rings. The number of carbonyl (C=O) groups is 1. The van der Waals surface area contributed by atoms with Gasteiger partial charge >= 0.3 is 0 Å². The van der Waals surface area contributed by atoms with E-state index in [9.17, 15) is 4.79 Å². The van der Waals surface area contributed by atoms with E-state index < -0.39 is 0 Å². The maximum atomic E-state index is 12.1. The fourth-order valence-corrected chi connectivity index (χ4v) is 1.64. The Hall–Kier alpha value is -1.59. The van der Waals surface area contributed by atoms with Gasteiger partial charge in [0, 0.05) is 25.0 Å². The number of carbonyl (C=O) groups excluding carboxylic acids is 1. The summed E-state index contributed by atoms with van der Waals surface area (Å²) in [5.41, 5.74) is 8.12. The van der Waals surface area contributed by atoms with Crippen LogP contribution in [0.15, 0.2) is 18.2 Å². The van der Waals surface area contributed by atoms with Crippen LogP contribution < -0.4 is 11.1 Å². The van der Waals surface area contributed by atoms with Gasteiger partial charge in [-0.05, 0) is 38.6 Å². The van der Waals surface area contributed by atoms with Gasteiger partial charge in [-0.3, -0.25) is 9.69 Å². The first-order valence-corrected chi connectivity index (χ1v) is 6.32. The van der Waals surface area contributed by atoms with Gasteiger partial charge in [0.15, 0.2) is 0 Å². The van der Waals surface area contributed by atoms with Gasteiger partial charge in [-0.15, -0.1) is 0 Å². The van der Waals surface area contributed by atoms with Crippen LogP contribution in [0.1, 0.15) is 12.5 Å². The molecule has 0 bridgehead atoms. The molecule has 106 valence electrons. The highest BCUT2D eigenvalue weighted by Crippen LogP contribution is 2.18. The highest BCUT2D eigenvalue weighted by molar-refractivity contribution is 5.95. The van der Waals surface area contributed by atoms with Gasteiger partial charge in [0.25, 0.3) is 0 Å². The quantitative estimate of drug-likeness (QED) is 0.765. The van der Waals surface area contributed by atoms with Crippen LogP contribution in [0.4, 0.5) is 11.4 Å². The lowest BCUT2D eigenvalue weighted by Crippen LogP contribution is -2.41. The minimum absolute atomic E-state index is 0.0488. The predicted octanol–water partition coefficient (Wildman–Crippen LogP) is 1.48. The standard InChI is InChI=1S/C14H23N3O2/c1-10-5-6-12(15)9-13(10)16-14(18)11(2)17(3)7-8-19-4/h5-6,9,11H,7-8,15H2,1-4H3,(H,16,18). The van der Waals surface area contributed by atoms with Crippen LogP contribution in [0.5, 0.6) is 0 Å². The molecule has 0 aliphatic carbocycles. The Balaban J connectivity index is 2.65. The molecule has 0 radical (unpaired) electrons. The Kier molecular flexibility index (Phi) is 5.79. The van der Waals surface area contributed by atoms with Gasteiger partial charge in [0.1, 0.15) is 0 Å². The molecular weight excluding hydrogens is 242 g/mol. The van der Waals surface area contributed by atoms with E-state index in [0.717, 1.165) is 11.3 Å². The summed E-state index contributed by atoms with van der Waals surface area (Å²) >= 11 is 0. The van der Waals surface area contributed by atoms with Crippen molar-refractivity contribution in [2.45, 2.75) is 19.9 Å². The third-order valence-electron chi connectivity index (χ3n) is 3.21. The summed E-state index contributed by atoms with van der Waals surface area (Å²) in [6, 6.07) is 5.26. The zero-order valence-electron chi connectivity index (χ0n) is 12.1. The Bertz CT molecular complexity index is 435. The van der Waals surface area contributed by atoms with Crippen molar-refractivity contribution in [1.29, 1.82) is 0 Å². The molecule has 0 spiro atoms. The summed E-state index contributed by atoms with van der Waals surface area (Å²) in [4.78, 5) is 14.1. The molecule has 5 nitrogen and oxygen atoms in total. The number of ether oxygens (including phenoxy) is 1. The number of hydrogen-bond donors (Lipinski definition) is 2. The molecule has 1 aromatic carbocycles. The maximum Gasteiger partial charge on any atom is 0.241 e. The van der Waals surface area contributed by atoms with E-state index in [1.807, 2.05) is 37.9 Å². The summed E-state index contributed by atoms with van der Waals surface area (Å²) in [6.07, 6.45) is 0. The molecule has 0 fully saturated rings. The zero-order chi connectivity index (χ0) is 14.4. The van der Waals surface area contributed by atoms with Gasteiger partial charge in [-0.2, -0.15) is 0 Å². The normalized spacial score (nSPS) is 12.5. The Labute approximate surface area is 114 Å². The smallest absolute Gasteiger partial charge is 0.241 e. The predicted molar refractivity (Wildman–Crippen MR) is 78.2 cm³/mol. The molecule has 1 atom stereocenters. The molecule has 19 heavy (non-hydrogen) atoms. The number of hydrogen-bond acceptors (Lipinski definition) is 4. The summed E-state index contributed by atoms with van der Waals surface area (Å²) < 4.78 is 5.01. The first kappa shape index (κ1) is 15.5. The van der Waals surface area contributed by atoms with E-state index >= 15 is 0 Å². The SMILES string of the molecule is COCCN(C)C(C)C(=O)Nc1cc(N)ccc1C. The average Bonchev–Trinajstić information content (AvgIpc) is 2.39. The van der Waals surface area contributed by atoms with Crippen LogP contribution in [0.3, 0.4) is 0 Å². The van der Waals surface area contributed by atoms with Gasteiger partial charge in [-0.25, -0.2) is 0 Å². The van der Waals surface area contributed by atoms with E-state index in [2.05, 4.69) is 5.32 Å². The van der Waals surface area contributed by atoms with E-state index in [0.29, 0.717) is 18.8 Å². The lowest BCUT2D eigenvalue weighted by molar-refractivity contribution is -0.120. The first-order chi connectivity index (χ1) is 8.95. The lowest BCUT2D eigenvalue weighted by atomic mass is 10.1. The second-order valence-corrected chi connectivity index (χ2v) is 4.71. The van der Waals surface area contributed by atoms with E-state index in [4.69, 9.17) is 10.5 Å². The molecule has 0 aliphatic heterocycles. The maximum absolute atomic E-state index is 12.1. The largest absolute Gasteiger partial charge is 0.399 e. The third kappa shape index (κ3) is 4.54. The summed E-state index contributed by atoms with van der Waals surface area (Å²) in [5.74, 6) is -0.0488. The van der Waals surface area contributed by atoms with E-state index in [1.54, 1.807) is 13.2 Å². The topological polar surface area (TPSA) is 67.6 Å². The van der Waals surface area contributed by atoms with Crippen LogP contribution in [0.25, 0.3) is 0 Å². The summed E-state index contributed by atoms with van der Waals surface area (Å²) in [6.45, 7) is 5.12. The molecule has 0 saturated carbocycles. The molecule has 1 aromatic rings. The Morgan fingerprint density at radius 1 is 1.53 bits per heavy atom. The Morgan fingerprint density at radius 3 is 2.84 bits per heavy atom. The molecule has 1 amide bonds. The number of nitrogens with zero attached hydrogens (tertiary/aromatic N) is 1. The van der Waals surface area contributed by atoms with Crippen LogP contribution in [0, 0.1) is 6.92 Å². The zero-order valence-corrected chi connectivity index (χ0v) is 12.1. The fourth-order valence-electron chi connectivity index (χ4n) is 1.64.